The maximum Gasteiger partial charge on any atom is 0.376 e. The number of carboxylic acid groups (broad SMARTS) is 1. The van der Waals surface area contributed by atoms with Gasteiger partial charge in [0.2, 0.25) is 0 Å². The zero-order valence-corrected chi connectivity index (χ0v) is 4.42. The number of rotatable bonds is 2. The number of carboxylic acids is 1. The van der Waals surface area contributed by atoms with Crippen LogP contribution in [0, 0.1) is 0 Å². The predicted molar refractivity (Wildman–Crippen MR) is 27.5 cm³/mol. The topological polar surface area (TPSA) is 54.4 Å². The van der Waals surface area contributed by atoms with Crippen molar-refractivity contribution >= 4 is 11.8 Å². The van der Waals surface area contributed by atoms with Gasteiger partial charge in [-0.3, -0.25) is 4.79 Å². The Kier molecular flexibility index (Phi) is 2.54. The average molecular weight is 114 g/mol. The molecule has 0 aromatic rings. The van der Waals surface area contributed by atoms with E-state index < -0.39 is 11.8 Å². The van der Waals surface area contributed by atoms with Crippen molar-refractivity contribution in [3.8, 4) is 0 Å². The van der Waals surface area contributed by atoms with Gasteiger partial charge in [-0.2, -0.15) is 0 Å². The molecule has 0 fully saturated rings. The molecule has 0 amide bonds. The van der Waals surface area contributed by atoms with Crippen LogP contribution in [-0.4, -0.2) is 16.9 Å². The van der Waals surface area contributed by atoms with Crippen molar-refractivity contribution in [3.63, 3.8) is 0 Å². The van der Waals surface area contributed by atoms with Crippen LogP contribution in [0.5, 0.6) is 0 Å². The summed E-state index contributed by atoms with van der Waals surface area (Å²) >= 11 is 0. The van der Waals surface area contributed by atoms with E-state index in [-0.39, 0.29) is 0 Å². The standard InChI is InChI=1S/C5H6O3/c1-2-3-4(6)5(7)8/h2-3H,1H3,(H,7,8). The fourth-order valence-electron chi connectivity index (χ4n) is 0.223. The minimum Gasteiger partial charge on any atom is -0.475 e. The lowest BCUT2D eigenvalue weighted by Crippen LogP contribution is -2.07. The number of hydrogen-bond acceptors (Lipinski definition) is 2. The Labute approximate surface area is 46.6 Å². The first kappa shape index (κ1) is 6.88. The molecule has 3 nitrogen and oxygen atoms in total. The molecule has 0 unspecified atom stereocenters. The van der Waals surface area contributed by atoms with Gasteiger partial charge in [0.1, 0.15) is 0 Å². The van der Waals surface area contributed by atoms with E-state index in [9.17, 15) is 9.59 Å². The van der Waals surface area contributed by atoms with E-state index in [0.29, 0.717) is 0 Å². The first-order valence-corrected chi connectivity index (χ1v) is 2.08. The van der Waals surface area contributed by atoms with Crippen molar-refractivity contribution in [3.05, 3.63) is 12.2 Å². The molecular weight excluding hydrogens is 108 g/mol. The van der Waals surface area contributed by atoms with Crippen molar-refractivity contribution in [2.75, 3.05) is 0 Å². The molecule has 3 heteroatoms. The van der Waals surface area contributed by atoms with E-state index in [0.717, 1.165) is 6.08 Å². The molecule has 0 aromatic carbocycles. The molecule has 0 spiro atoms. The number of ketones is 1. The molecule has 0 bridgehead atoms. The van der Waals surface area contributed by atoms with E-state index in [4.69, 9.17) is 5.11 Å². The second-order valence-corrected chi connectivity index (χ2v) is 1.17. The number of hydrogen-bond donors (Lipinski definition) is 1. The van der Waals surface area contributed by atoms with E-state index >= 15 is 0 Å². The van der Waals surface area contributed by atoms with E-state index in [1.54, 1.807) is 6.92 Å². The third-order valence-electron chi connectivity index (χ3n) is 0.529. The fourth-order valence-corrected chi connectivity index (χ4v) is 0.223. The van der Waals surface area contributed by atoms with E-state index in [1.807, 2.05) is 0 Å². The van der Waals surface area contributed by atoms with Crippen LogP contribution in [0.3, 0.4) is 0 Å². The van der Waals surface area contributed by atoms with Gasteiger partial charge in [0.25, 0.3) is 5.78 Å². The number of carbonyl (C=O) groups is 2. The Morgan fingerprint density at radius 1 is 1.50 bits per heavy atom. The summed E-state index contributed by atoms with van der Waals surface area (Å²) in [4.78, 5) is 19.7. The third-order valence-corrected chi connectivity index (χ3v) is 0.529. The highest BCUT2D eigenvalue weighted by molar-refractivity contribution is 6.37. The van der Waals surface area contributed by atoms with Crippen LogP contribution >= 0.6 is 0 Å². The van der Waals surface area contributed by atoms with Crippen LogP contribution in [0.2, 0.25) is 0 Å². The van der Waals surface area contributed by atoms with Gasteiger partial charge in [-0.05, 0) is 13.0 Å². The van der Waals surface area contributed by atoms with Crippen LogP contribution in [0.25, 0.3) is 0 Å². The second kappa shape index (κ2) is 2.96. The van der Waals surface area contributed by atoms with Gasteiger partial charge in [-0.25, -0.2) is 4.79 Å². The van der Waals surface area contributed by atoms with Crippen molar-refractivity contribution < 1.29 is 14.7 Å². The van der Waals surface area contributed by atoms with Gasteiger partial charge in [0.15, 0.2) is 0 Å². The molecule has 0 radical (unpaired) electrons. The van der Waals surface area contributed by atoms with Crippen LogP contribution < -0.4 is 0 Å². The minimum atomic E-state index is -1.41. The molecule has 0 heterocycles. The zero-order chi connectivity index (χ0) is 6.57. The Balaban J connectivity index is 3.85. The molecule has 0 aliphatic carbocycles. The highest BCUT2D eigenvalue weighted by Gasteiger charge is 2.03. The van der Waals surface area contributed by atoms with E-state index in [1.165, 1.54) is 6.08 Å². The smallest absolute Gasteiger partial charge is 0.376 e. The zero-order valence-electron chi connectivity index (χ0n) is 4.42. The van der Waals surface area contributed by atoms with Gasteiger partial charge in [0.05, 0.1) is 0 Å². The lowest BCUT2D eigenvalue weighted by molar-refractivity contribution is -0.146. The first-order chi connectivity index (χ1) is 3.68. The number of carbonyl (C=O) groups excluding carboxylic acids is 1. The van der Waals surface area contributed by atoms with Crippen molar-refractivity contribution in [2.45, 2.75) is 6.92 Å². The second-order valence-electron chi connectivity index (χ2n) is 1.17. The summed E-state index contributed by atoms with van der Waals surface area (Å²) < 4.78 is 0. The minimum absolute atomic E-state index is 0.882. The molecule has 0 saturated carbocycles. The number of allylic oxidation sites excluding steroid dienone is 1. The summed E-state index contributed by atoms with van der Waals surface area (Å²) in [6.45, 7) is 1.58. The molecule has 0 aliphatic heterocycles. The monoisotopic (exact) mass is 114 g/mol. The lowest BCUT2D eigenvalue weighted by Gasteiger charge is -1.78. The molecule has 0 rings (SSSR count). The molecule has 0 aromatic heterocycles. The Morgan fingerprint density at radius 2 is 2.00 bits per heavy atom. The molecule has 1 N–H and O–H groups in total. The van der Waals surface area contributed by atoms with Gasteiger partial charge >= 0.3 is 5.97 Å². The summed E-state index contributed by atoms with van der Waals surface area (Å²) in [5, 5.41) is 7.91. The van der Waals surface area contributed by atoms with Crippen molar-refractivity contribution in [2.24, 2.45) is 0 Å². The summed E-state index contributed by atoms with van der Waals surface area (Å²) in [5.74, 6) is -2.30. The van der Waals surface area contributed by atoms with Gasteiger partial charge in [-0.15, -0.1) is 0 Å². The quantitative estimate of drug-likeness (QED) is 0.412. The van der Waals surface area contributed by atoms with Gasteiger partial charge in [0, 0.05) is 0 Å². The summed E-state index contributed by atoms with van der Waals surface area (Å²) in [5.41, 5.74) is 0. The maximum absolute atomic E-state index is 10.1. The molecule has 44 valence electrons. The third kappa shape index (κ3) is 2.12. The highest BCUT2D eigenvalue weighted by Crippen LogP contribution is 1.74. The maximum atomic E-state index is 10.1. The van der Waals surface area contributed by atoms with Crippen LogP contribution in [0.1, 0.15) is 6.92 Å². The number of aliphatic carboxylic acids is 1. The van der Waals surface area contributed by atoms with Gasteiger partial charge in [-0.1, -0.05) is 6.08 Å². The molecular formula is C5H6O3. The van der Waals surface area contributed by atoms with Crippen LogP contribution in [-0.2, 0) is 9.59 Å². The lowest BCUT2D eigenvalue weighted by atomic mass is 10.4. The Hall–Kier alpha value is -1.12. The summed E-state index contributed by atoms with van der Waals surface area (Å²) in [6.07, 6.45) is 2.39. The summed E-state index contributed by atoms with van der Waals surface area (Å²) in [7, 11) is 0. The van der Waals surface area contributed by atoms with Crippen LogP contribution in [0.15, 0.2) is 12.2 Å². The van der Waals surface area contributed by atoms with Crippen molar-refractivity contribution in [1.29, 1.82) is 0 Å². The molecule has 0 atom stereocenters. The first-order valence-electron chi connectivity index (χ1n) is 2.08. The molecule has 0 aliphatic rings. The molecule has 0 saturated heterocycles. The normalized spacial score (nSPS) is 9.62. The van der Waals surface area contributed by atoms with E-state index in [2.05, 4.69) is 0 Å². The SMILES string of the molecule is CC=CC(=O)C(=O)O. The molecule has 8 heavy (non-hydrogen) atoms. The highest BCUT2D eigenvalue weighted by atomic mass is 16.4. The fraction of sp³-hybridized carbons (Fsp3) is 0.200. The van der Waals surface area contributed by atoms with Gasteiger partial charge < -0.3 is 5.11 Å². The summed E-state index contributed by atoms with van der Waals surface area (Å²) in [6, 6.07) is 0. The Morgan fingerprint density at radius 3 is 2.12 bits per heavy atom. The van der Waals surface area contributed by atoms with Crippen molar-refractivity contribution in [1.82, 2.24) is 0 Å². The average Bonchev–Trinajstić information content (AvgIpc) is 1.67. The predicted octanol–water partition coefficient (Wildman–Crippen LogP) is 0.216. The largest absolute Gasteiger partial charge is 0.475 e. The Bertz CT molecular complexity index is 135. The van der Waals surface area contributed by atoms with Crippen LogP contribution in [0.4, 0.5) is 0 Å².